The van der Waals surface area contributed by atoms with E-state index in [1.54, 1.807) is 12.1 Å². The van der Waals surface area contributed by atoms with Gasteiger partial charge in [-0.1, -0.05) is 6.07 Å². The van der Waals surface area contributed by atoms with E-state index in [0.717, 1.165) is 4.31 Å². The van der Waals surface area contributed by atoms with Crippen molar-refractivity contribution < 1.29 is 26.0 Å². The number of hydrogen-bond acceptors (Lipinski definition) is 4. The van der Waals surface area contributed by atoms with Gasteiger partial charge in [-0.25, -0.2) is 12.8 Å². The van der Waals surface area contributed by atoms with Gasteiger partial charge in [0.25, 0.3) is 0 Å². The summed E-state index contributed by atoms with van der Waals surface area (Å²) >= 11 is 0. The molecule has 0 radical (unpaired) electrons. The van der Waals surface area contributed by atoms with Gasteiger partial charge in [-0.3, -0.25) is 4.98 Å². The van der Waals surface area contributed by atoms with Crippen LogP contribution in [0, 0.1) is 5.82 Å². The molecule has 0 bridgehead atoms. The molecule has 140 valence electrons. The van der Waals surface area contributed by atoms with Gasteiger partial charge in [-0.05, 0) is 29.8 Å². The maximum Gasteiger partial charge on any atom is 0.417 e. The lowest BCUT2D eigenvalue weighted by atomic mass is 10.1. The van der Waals surface area contributed by atoms with Gasteiger partial charge in [0.1, 0.15) is 5.82 Å². The van der Waals surface area contributed by atoms with E-state index in [2.05, 4.69) is 10.3 Å². The minimum atomic E-state index is -5.00. The Hall–Kier alpha value is -2.04. The van der Waals surface area contributed by atoms with Crippen LogP contribution in [0.4, 0.5) is 17.6 Å². The average Bonchev–Trinajstić information content (AvgIpc) is 2.61. The van der Waals surface area contributed by atoms with Crippen molar-refractivity contribution in [1.82, 2.24) is 14.6 Å². The maximum atomic E-state index is 13.3. The summed E-state index contributed by atoms with van der Waals surface area (Å²) in [7, 11) is -4.51. The second kappa shape index (κ2) is 6.93. The molecule has 2 heterocycles. The second-order valence-corrected chi connectivity index (χ2v) is 7.62. The molecule has 3 rings (SSSR count). The van der Waals surface area contributed by atoms with E-state index >= 15 is 0 Å². The van der Waals surface area contributed by atoms with Gasteiger partial charge in [0.2, 0.25) is 10.0 Å². The van der Waals surface area contributed by atoms with Gasteiger partial charge in [0, 0.05) is 32.0 Å². The zero-order chi connectivity index (χ0) is 18.9. The number of hydrogen-bond donors (Lipinski definition) is 1. The third-order valence-electron chi connectivity index (χ3n) is 4.10. The molecule has 1 unspecified atom stereocenters. The summed E-state index contributed by atoms with van der Waals surface area (Å²) < 4.78 is 80.2. The Morgan fingerprint density at radius 3 is 2.65 bits per heavy atom. The zero-order valence-corrected chi connectivity index (χ0v) is 14.2. The molecule has 1 aromatic heterocycles. The quantitative estimate of drug-likeness (QED) is 0.820. The molecule has 1 N–H and O–H groups in total. The van der Waals surface area contributed by atoms with E-state index in [0.29, 0.717) is 24.2 Å². The molecule has 0 saturated carbocycles. The van der Waals surface area contributed by atoms with Crippen LogP contribution in [-0.4, -0.2) is 37.3 Å². The Labute approximate surface area is 147 Å². The van der Waals surface area contributed by atoms with Crippen LogP contribution in [0.2, 0.25) is 0 Å². The Morgan fingerprint density at radius 1 is 1.23 bits per heavy atom. The van der Waals surface area contributed by atoms with Crippen molar-refractivity contribution in [3.63, 3.8) is 0 Å². The number of alkyl halides is 3. The predicted octanol–water partition coefficient (Wildman–Crippen LogP) is 2.57. The highest BCUT2D eigenvalue weighted by atomic mass is 32.2. The minimum Gasteiger partial charge on any atom is -0.313 e. The highest BCUT2D eigenvalue weighted by molar-refractivity contribution is 7.89. The van der Waals surface area contributed by atoms with Gasteiger partial charge in [0.15, 0.2) is 0 Å². The summed E-state index contributed by atoms with van der Waals surface area (Å²) in [6.45, 7) is 0.503. The molecular weight excluding hydrogens is 374 g/mol. The highest BCUT2D eigenvalue weighted by Crippen LogP contribution is 2.37. The summed E-state index contributed by atoms with van der Waals surface area (Å²) in [6, 6.07) is 4.14. The maximum absolute atomic E-state index is 13.3. The normalized spacial score (nSPS) is 19.5. The molecule has 10 heteroatoms. The lowest BCUT2D eigenvalue weighted by Crippen LogP contribution is -2.48. The molecule has 1 aromatic carbocycles. The van der Waals surface area contributed by atoms with Crippen LogP contribution < -0.4 is 5.32 Å². The fourth-order valence-corrected chi connectivity index (χ4v) is 4.71. The summed E-state index contributed by atoms with van der Waals surface area (Å²) in [5, 5.41) is 3.02. The molecule has 0 aliphatic carbocycles. The molecule has 0 spiro atoms. The van der Waals surface area contributed by atoms with Crippen molar-refractivity contribution in [2.45, 2.75) is 17.1 Å². The van der Waals surface area contributed by atoms with Crippen LogP contribution in [0.1, 0.15) is 17.2 Å². The molecule has 1 atom stereocenters. The topological polar surface area (TPSA) is 62.3 Å². The first kappa shape index (κ1) is 18.7. The molecule has 5 nitrogen and oxygen atoms in total. The van der Waals surface area contributed by atoms with Crippen LogP contribution in [-0.2, 0) is 16.2 Å². The second-order valence-electron chi connectivity index (χ2n) is 5.76. The first-order valence-electron chi connectivity index (χ1n) is 7.70. The van der Waals surface area contributed by atoms with Crippen molar-refractivity contribution in [2.24, 2.45) is 0 Å². The van der Waals surface area contributed by atoms with Crippen LogP contribution in [0.15, 0.2) is 47.6 Å². The monoisotopic (exact) mass is 389 g/mol. The van der Waals surface area contributed by atoms with Gasteiger partial charge < -0.3 is 5.32 Å². The Bertz CT molecular complexity index is 888. The summed E-state index contributed by atoms with van der Waals surface area (Å²) in [4.78, 5) is 2.98. The SMILES string of the molecule is O=S(=O)(c1ccc(F)cc1C(F)(F)F)N1CCNCC1c1cccnc1. The fourth-order valence-electron chi connectivity index (χ4n) is 2.91. The third-order valence-corrected chi connectivity index (χ3v) is 6.06. The number of aromatic nitrogens is 1. The zero-order valence-electron chi connectivity index (χ0n) is 13.4. The van der Waals surface area contributed by atoms with Gasteiger partial charge >= 0.3 is 6.18 Å². The number of rotatable bonds is 3. The molecule has 1 aliphatic heterocycles. The number of nitrogens with zero attached hydrogens (tertiary/aromatic N) is 2. The van der Waals surface area contributed by atoms with Crippen molar-refractivity contribution in [3.05, 3.63) is 59.7 Å². The number of nitrogens with one attached hydrogen (secondary N) is 1. The number of sulfonamides is 1. The standard InChI is InChI=1S/C16H15F4N3O2S/c17-12-3-4-15(13(8-12)16(18,19)20)26(24,25)23-7-6-22-10-14(23)11-2-1-5-21-9-11/h1-5,8-9,14,22H,6-7,10H2. The largest absolute Gasteiger partial charge is 0.417 e. The Kier molecular flexibility index (Phi) is 5.00. The van der Waals surface area contributed by atoms with Crippen molar-refractivity contribution in [3.8, 4) is 0 Å². The van der Waals surface area contributed by atoms with Crippen LogP contribution >= 0.6 is 0 Å². The number of halogens is 4. The average molecular weight is 389 g/mol. The minimum absolute atomic E-state index is 0.0173. The van der Waals surface area contributed by atoms with E-state index in [1.807, 2.05) is 0 Å². The van der Waals surface area contributed by atoms with E-state index in [9.17, 15) is 26.0 Å². The van der Waals surface area contributed by atoms with Gasteiger partial charge in [-0.2, -0.15) is 17.5 Å². The predicted molar refractivity (Wildman–Crippen MR) is 85.1 cm³/mol. The molecule has 1 saturated heterocycles. The third kappa shape index (κ3) is 3.57. The van der Waals surface area contributed by atoms with Crippen molar-refractivity contribution >= 4 is 10.0 Å². The smallest absolute Gasteiger partial charge is 0.313 e. The molecule has 1 fully saturated rings. The molecular formula is C16H15F4N3O2S. The molecule has 26 heavy (non-hydrogen) atoms. The van der Waals surface area contributed by atoms with Crippen molar-refractivity contribution in [2.75, 3.05) is 19.6 Å². The first-order chi connectivity index (χ1) is 12.2. The number of pyridine rings is 1. The highest BCUT2D eigenvalue weighted by Gasteiger charge is 2.42. The van der Waals surface area contributed by atoms with E-state index in [4.69, 9.17) is 0 Å². The van der Waals surface area contributed by atoms with E-state index in [-0.39, 0.29) is 19.2 Å². The van der Waals surface area contributed by atoms with Crippen molar-refractivity contribution in [1.29, 1.82) is 0 Å². The van der Waals surface area contributed by atoms with Crippen LogP contribution in [0.25, 0.3) is 0 Å². The van der Waals surface area contributed by atoms with Crippen LogP contribution in [0.5, 0.6) is 0 Å². The fraction of sp³-hybridized carbons (Fsp3) is 0.312. The Balaban J connectivity index is 2.10. The summed E-state index contributed by atoms with van der Waals surface area (Å²) in [6.07, 6.45) is -2.02. The first-order valence-corrected chi connectivity index (χ1v) is 9.14. The molecule has 0 amide bonds. The summed E-state index contributed by atoms with van der Waals surface area (Å²) in [5.74, 6) is -1.15. The lowest BCUT2D eigenvalue weighted by Gasteiger charge is -2.35. The van der Waals surface area contributed by atoms with Gasteiger partial charge in [-0.15, -0.1) is 0 Å². The number of piperazine rings is 1. The lowest BCUT2D eigenvalue weighted by molar-refractivity contribution is -0.140. The molecule has 2 aromatic rings. The van der Waals surface area contributed by atoms with E-state index in [1.165, 1.54) is 12.4 Å². The Morgan fingerprint density at radius 2 is 2.00 bits per heavy atom. The molecule has 1 aliphatic rings. The van der Waals surface area contributed by atoms with Gasteiger partial charge in [0.05, 0.1) is 16.5 Å². The van der Waals surface area contributed by atoms with E-state index < -0.39 is 38.5 Å². The number of benzene rings is 1. The van der Waals surface area contributed by atoms with Crippen LogP contribution in [0.3, 0.4) is 0 Å². The summed E-state index contributed by atoms with van der Waals surface area (Å²) in [5.41, 5.74) is -0.958.